The Hall–Kier alpha value is 0.837. The van der Waals surface area contributed by atoms with Crippen LogP contribution in [0.5, 0.6) is 17.2 Å². The van der Waals surface area contributed by atoms with Gasteiger partial charge in [0.1, 0.15) is 31.1 Å². The molecule has 25 heteroatoms. The van der Waals surface area contributed by atoms with Gasteiger partial charge in [0.05, 0.1) is 88.7 Å². The van der Waals surface area contributed by atoms with E-state index in [9.17, 15) is 0 Å². The Balaban J connectivity index is -0.000000101. The number of methoxy groups -OCH3 is 3. The van der Waals surface area contributed by atoms with Gasteiger partial charge in [-0.25, -0.2) is 0 Å². The summed E-state index contributed by atoms with van der Waals surface area (Å²) in [5.41, 5.74) is 19.6. The van der Waals surface area contributed by atoms with Crippen LogP contribution >= 0.6 is 113 Å². The molecule has 0 radical (unpaired) electrons. The minimum Gasteiger partial charge on any atom is -0.870 e. The first-order valence-corrected chi connectivity index (χ1v) is 48.3. The van der Waals surface area contributed by atoms with Gasteiger partial charge < -0.3 is 56.6 Å². The van der Waals surface area contributed by atoms with Crippen molar-refractivity contribution in [3.8, 4) is 17.2 Å². The molecule has 0 bridgehead atoms. The van der Waals surface area contributed by atoms with Crippen LogP contribution in [0.1, 0.15) is 241 Å². The fraction of sp³-hybridized carbons (Fsp3) is 0.560. The molecule has 718 valence electrons. The first-order chi connectivity index (χ1) is 51.6. The van der Waals surface area contributed by atoms with E-state index in [0.717, 1.165) is 48.9 Å². The molecule has 0 amide bonds. The maximum absolute atomic E-state index is 5.51. The predicted octanol–water partition coefficient (Wildman–Crippen LogP) is 26.4. The number of ether oxygens (including phenoxy) is 3. The van der Waals surface area contributed by atoms with Crippen LogP contribution in [-0.2, 0) is 40.8 Å². The van der Waals surface area contributed by atoms with Crippen molar-refractivity contribution < 1.29 is 169 Å². The summed E-state index contributed by atoms with van der Waals surface area (Å²) in [6.45, 7) is 91.5. The summed E-state index contributed by atoms with van der Waals surface area (Å²) in [4.78, 5) is 6.16. The third kappa shape index (κ3) is 71.0. The topological polar surface area (TPSA) is 161 Å². The Kier molecular flexibility index (Phi) is 85.8. The molecule has 7 N–H and O–H groups in total. The third-order valence-electron chi connectivity index (χ3n) is 17.4. The molecule has 0 spiro atoms. The molecule has 0 unspecified atom stereocenters. The SMILES string of the molecule is CC(C)(C)[PH+](C(C)(C)C)C(C)(C)C.CC(C)(C)[PH+](C(C)(C)C)C(C)(C)C.CN(C)c1ccc(N)cc1.CN(C)c1ccc(N)cc1.COc1cccc(Br)c1.COc1cccc(Br)c1.COc1cccc(Nc2ccc(N(C)C)cc2)c1.Cc1ccccc1.Cl.Cl.Cl.Cl.[CH2+]C(C)(C)[PH+](C(C)(C)C)C(C)(C)C.[CH2+]C(C)(C)[PH+](C(C)(C)C)C(C)(C)C.[K+].[K+].[OH-].[OH-].[Pd].[Pd]. The number of aryl methyl sites for hydroxylation is 1. The van der Waals surface area contributed by atoms with Gasteiger partial charge in [-0.3, -0.25) is 0 Å². The van der Waals surface area contributed by atoms with E-state index in [4.69, 9.17) is 25.7 Å². The average Bonchev–Trinajstić information content (AvgIpc) is 0.806. The minimum atomic E-state index is -0.502. The third-order valence-corrected chi connectivity index (χ3v) is 36.1. The number of anilines is 7. The Morgan fingerprint density at radius 3 is 0.656 bits per heavy atom. The van der Waals surface area contributed by atoms with E-state index in [1.807, 2.05) is 192 Å². The maximum Gasteiger partial charge on any atom is 1.00 e. The van der Waals surface area contributed by atoms with Crippen LogP contribution in [0.3, 0.4) is 0 Å². The molecule has 0 aliphatic heterocycles. The Labute approximate surface area is 930 Å². The summed E-state index contributed by atoms with van der Waals surface area (Å²) in [7, 11) is 15.3. The van der Waals surface area contributed by atoms with Crippen molar-refractivity contribution in [2.45, 2.75) is 304 Å². The zero-order valence-corrected chi connectivity index (χ0v) is 107. The van der Waals surface area contributed by atoms with Gasteiger partial charge in [-0.15, -0.1) is 49.6 Å². The van der Waals surface area contributed by atoms with Gasteiger partial charge in [0.15, 0.2) is 10.3 Å². The molecule has 0 aliphatic carbocycles. The van der Waals surface area contributed by atoms with Crippen LogP contribution in [0.15, 0.2) is 185 Å². The van der Waals surface area contributed by atoms with Gasteiger partial charge in [-0.1, -0.05) is 86.0 Å². The minimum absolute atomic E-state index is 0. The van der Waals surface area contributed by atoms with Crippen LogP contribution in [0.4, 0.5) is 39.8 Å². The predicted molar refractivity (Wildman–Crippen MR) is 583 cm³/mol. The number of nitrogens with two attached hydrogens (primary N) is 2. The standard InChI is InChI=1S/C15H18N2O.2C12H27P.2C12H26P.2C8H12N2.2C7H7BrO.C7H8.4ClH.2K.2H2O.2Pd/c1-17(2)14-9-7-12(8-10-14)16-13-5-4-6-15(11-13)18-3;4*1-10(2,3)13(11(4,5)6)12(7,8)9;2*1-10(2)8-5-3-7(9)4-6-8;2*1-9-7-4-2-3-6(8)5-7;1-7-5-3-2-4-6-7;;;;;;;;;;/h4-11,16H,1-3H3;2*1-9H3;2*1H2,2-9H3;2*3-6H,9H2,1-2H3;2*2-5H,1H3;2-6H,1H3;4*1H;;;2*1H2;;/q;;;2*+1;;;;;;;;;;2*+1;;;;/p+2. The van der Waals surface area contributed by atoms with E-state index in [1.165, 1.54) is 22.6 Å². The zero-order valence-electron chi connectivity index (χ0n) is 86.8. The second-order valence-corrected chi connectivity index (χ2v) is 64.6. The van der Waals surface area contributed by atoms with Crippen molar-refractivity contribution in [3.63, 3.8) is 0 Å². The Morgan fingerprint density at radius 2 is 0.504 bits per heavy atom. The number of hydrogen-bond donors (Lipinski definition) is 3. The number of nitrogens with one attached hydrogen (secondary N) is 1. The molecule has 7 rings (SSSR count). The van der Waals surface area contributed by atoms with Gasteiger partial charge in [0, 0.05) is 181 Å². The van der Waals surface area contributed by atoms with Crippen molar-refractivity contribution in [2.24, 2.45) is 0 Å². The van der Waals surface area contributed by atoms with Crippen LogP contribution in [-0.4, -0.2) is 136 Å². The number of hydrogen-bond acceptors (Lipinski definition) is 11. The molecule has 7 aromatic carbocycles. The smallest absolute Gasteiger partial charge is 0.870 e. The summed E-state index contributed by atoms with van der Waals surface area (Å²) in [6, 6.07) is 57.5. The molecule has 0 aliphatic rings. The number of benzene rings is 7. The van der Waals surface area contributed by atoms with E-state index < -0.39 is 31.7 Å². The summed E-state index contributed by atoms with van der Waals surface area (Å²) in [5, 5.41) is 8.44. The van der Waals surface area contributed by atoms with Gasteiger partial charge >= 0.3 is 103 Å². The van der Waals surface area contributed by atoms with Crippen molar-refractivity contribution >= 4 is 153 Å². The van der Waals surface area contributed by atoms with Gasteiger partial charge in [0.2, 0.25) is 0 Å². The van der Waals surface area contributed by atoms with Gasteiger partial charge in [-0.05, 0) is 336 Å². The first kappa shape index (κ1) is 154. The van der Waals surface area contributed by atoms with Crippen LogP contribution in [0, 0.1) is 20.8 Å². The second-order valence-electron chi connectivity index (χ2n) is 42.0. The van der Waals surface area contributed by atoms with E-state index in [2.05, 4.69) is 335 Å². The first-order valence-electron chi connectivity index (χ1n) is 40.7. The molecule has 7 aromatic rings. The molecule has 125 heavy (non-hydrogen) atoms. The van der Waals surface area contributed by atoms with Gasteiger partial charge in [-0.2, -0.15) is 0 Å². The molecule has 0 saturated heterocycles. The number of nitrogen functional groups attached to an aromatic ring is 2. The number of rotatable bonds is 10. The monoisotopic (exact) mass is 2260 g/mol. The van der Waals surface area contributed by atoms with Crippen molar-refractivity contribution in [2.75, 3.05) is 95.1 Å². The fourth-order valence-electron chi connectivity index (χ4n) is 18.0. The van der Waals surface area contributed by atoms with E-state index >= 15 is 0 Å². The van der Waals surface area contributed by atoms with Gasteiger partial charge in [0.25, 0.3) is 0 Å². The molecule has 11 nitrogen and oxygen atoms in total. The summed E-state index contributed by atoms with van der Waals surface area (Å²) >= 11 is 6.65. The molecular formula is C100H180Br2Cl4K2N6O5P4Pd2+6. The Morgan fingerprint density at radius 1 is 0.296 bits per heavy atom. The summed E-state index contributed by atoms with van der Waals surface area (Å²) < 4.78 is 17.2. The fourth-order valence-corrected chi connectivity index (χ4v) is 44.9. The molecule has 0 saturated carbocycles. The normalized spacial score (nSPS) is 11.1. The van der Waals surface area contributed by atoms with Crippen LogP contribution < -0.4 is 148 Å². The largest absolute Gasteiger partial charge is 1.00 e. The summed E-state index contributed by atoms with van der Waals surface area (Å²) in [5.74, 6) is 2.61. The van der Waals surface area contributed by atoms with Crippen molar-refractivity contribution in [3.05, 3.63) is 204 Å². The second kappa shape index (κ2) is 69.6. The summed E-state index contributed by atoms with van der Waals surface area (Å²) in [6.07, 6.45) is 0. The molecule has 0 heterocycles. The number of nitrogens with zero attached hydrogens (tertiary/aromatic N) is 3. The molecule has 0 fully saturated rings. The average molecular weight is 2260 g/mol. The number of halogens is 6. The van der Waals surface area contributed by atoms with Crippen molar-refractivity contribution in [1.29, 1.82) is 0 Å². The zero-order chi connectivity index (χ0) is 90.9. The molecule has 0 atom stereocenters. The van der Waals surface area contributed by atoms with Crippen molar-refractivity contribution in [1.82, 2.24) is 0 Å². The molecular weight excluding hydrogens is 2080 g/mol. The van der Waals surface area contributed by atoms with Crippen LogP contribution in [0.2, 0.25) is 0 Å². The Bertz CT molecular complexity index is 3380. The van der Waals surface area contributed by atoms with E-state index in [0.29, 0.717) is 51.6 Å². The van der Waals surface area contributed by atoms with E-state index in [1.54, 1.807) is 21.3 Å². The van der Waals surface area contributed by atoms with E-state index in [-0.39, 0.29) is 215 Å². The quantitative estimate of drug-likeness (QED) is 0.0517. The molecule has 0 aromatic heterocycles. The maximum atomic E-state index is 5.51. The van der Waals surface area contributed by atoms with Crippen LogP contribution in [0.25, 0.3) is 0 Å².